The van der Waals surface area contributed by atoms with Gasteiger partial charge in [0.05, 0.1) is 13.2 Å². The van der Waals surface area contributed by atoms with Crippen LogP contribution in [0.2, 0.25) is 10.0 Å². The molecule has 1 N–H and O–H groups in total. The Kier molecular flexibility index (Phi) is 5.44. The molecule has 1 aliphatic heterocycles. The van der Waals surface area contributed by atoms with Crippen molar-refractivity contribution in [1.82, 2.24) is 10.2 Å². The van der Waals surface area contributed by atoms with E-state index in [2.05, 4.69) is 16.3 Å². The van der Waals surface area contributed by atoms with Crippen molar-refractivity contribution >= 4 is 23.2 Å². The highest BCUT2D eigenvalue weighted by Crippen LogP contribution is 2.39. The Labute approximate surface area is 147 Å². The van der Waals surface area contributed by atoms with Crippen LogP contribution in [0.25, 0.3) is 0 Å². The number of ether oxygens (including phenoxy) is 1. The molecule has 0 amide bonds. The Morgan fingerprint density at radius 3 is 2.48 bits per heavy atom. The second-order valence-corrected chi connectivity index (χ2v) is 6.44. The van der Waals surface area contributed by atoms with Crippen LogP contribution in [-0.2, 0) is 0 Å². The van der Waals surface area contributed by atoms with Crippen LogP contribution < -0.4 is 10.1 Å². The summed E-state index contributed by atoms with van der Waals surface area (Å²) in [7, 11) is 1.69. The number of methoxy groups -OCH3 is 1. The van der Waals surface area contributed by atoms with Gasteiger partial charge < -0.3 is 10.1 Å². The maximum atomic E-state index is 6.51. The predicted molar refractivity (Wildman–Crippen MR) is 95.7 cm³/mol. The minimum atomic E-state index is 0.0273. The summed E-state index contributed by atoms with van der Waals surface area (Å²) >= 11 is 12.8. The average molecular weight is 351 g/mol. The molecule has 0 bridgehead atoms. The van der Waals surface area contributed by atoms with Gasteiger partial charge in [-0.3, -0.25) is 4.90 Å². The molecular weight excluding hydrogens is 331 g/mol. The number of rotatable bonds is 4. The summed E-state index contributed by atoms with van der Waals surface area (Å²) < 4.78 is 5.59. The van der Waals surface area contributed by atoms with E-state index >= 15 is 0 Å². The van der Waals surface area contributed by atoms with Gasteiger partial charge in [-0.15, -0.1) is 0 Å². The topological polar surface area (TPSA) is 24.5 Å². The third kappa shape index (κ3) is 3.64. The molecule has 122 valence electrons. The van der Waals surface area contributed by atoms with Crippen molar-refractivity contribution in [1.29, 1.82) is 0 Å². The lowest BCUT2D eigenvalue weighted by Crippen LogP contribution is -2.45. The fraction of sp³-hybridized carbons (Fsp3) is 0.333. The molecule has 0 spiro atoms. The molecule has 0 saturated carbocycles. The van der Waals surface area contributed by atoms with Gasteiger partial charge in [-0.2, -0.15) is 0 Å². The van der Waals surface area contributed by atoms with Crippen LogP contribution >= 0.6 is 23.2 Å². The first kappa shape index (κ1) is 16.6. The number of hydrogen-bond donors (Lipinski definition) is 1. The molecule has 3 nitrogen and oxygen atoms in total. The zero-order valence-electron chi connectivity index (χ0n) is 13.1. The maximum Gasteiger partial charge on any atom is 0.124 e. The van der Waals surface area contributed by atoms with Gasteiger partial charge in [0.25, 0.3) is 0 Å². The number of benzene rings is 2. The van der Waals surface area contributed by atoms with Gasteiger partial charge in [-0.1, -0.05) is 41.4 Å². The second kappa shape index (κ2) is 7.54. The molecule has 1 heterocycles. The van der Waals surface area contributed by atoms with Gasteiger partial charge in [0, 0.05) is 41.8 Å². The molecule has 2 aromatic carbocycles. The molecule has 3 rings (SSSR count). The first-order valence-electron chi connectivity index (χ1n) is 7.73. The molecule has 1 atom stereocenters. The Bertz CT molecular complexity index is 672. The summed E-state index contributed by atoms with van der Waals surface area (Å²) in [6.07, 6.45) is 0. The number of hydrogen-bond acceptors (Lipinski definition) is 3. The molecule has 5 heteroatoms. The maximum absolute atomic E-state index is 6.51. The van der Waals surface area contributed by atoms with E-state index in [1.54, 1.807) is 7.11 Å². The molecule has 23 heavy (non-hydrogen) atoms. The first-order valence-corrected chi connectivity index (χ1v) is 8.49. The van der Waals surface area contributed by atoms with Crippen LogP contribution in [0.5, 0.6) is 5.75 Å². The van der Waals surface area contributed by atoms with Crippen molar-refractivity contribution in [2.75, 3.05) is 33.3 Å². The molecule has 2 aromatic rings. The summed E-state index contributed by atoms with van der Waals surface area (Å²) in [5.74, 6) is 0.831. The molecule has 1 saturated heterocycles. The highest BCUT2D eigenvalue weighted by atomic mass is 35.5. The SMILES string of the molecule is COc1ccc(Cl)cc1C(c1ccccc1Cl)N1CCNCC1. The minimum absolute atomic E-state index is 0.0273. The smallest absolute Gasteiger partial charge is 0.124 e. The van der Waals surface area contributed by atoms with Gasteiger partial charge in [0.2, 0.25) is 0 Å². The van der Waals surface area contributed by atoms with Crippen molar-refractivity contribution in [3.05, 3.63) is 63.6 Å². The fourth-order valence-corrected chi connectivity index (χ4v) is 3.54. The third-order valence-electron chi connectivity index (χ3n) is 4.20. The summed E-state index contributed by atoms with van der Waals surface area (Å²) in [6.45, 7) is 3.82. The van der Waals surface area contributed by atoms with Crippen LogP contribution in [0.15, 0.2) is 42.5 Å². The summed E-state index contributed by atoms with van der Waals surface area (Å²) in [6, 6.07) is 13.8. The fourth-order valence-electron chi connectivity index (χ4n) is 3.12. The van der Waals surface area contributed by atoms with E-state index in [4.69, 9.17) is 27.9 Å². The predicted octanol–water partition coefficient (Wildman–Crippen LogP) is 4.00. The third-order valence-corrected chi connectivity index (χ3v) is 4.78. The van der Waals surface area contributed by atoms with E-state index in [9.17, 15) is 0 Å². The number of nitrogens with zero attached hydrogens (tertiary/aromatic N) is 1. The van der Waals surface area contributed by atoms with E-state index in [1.807, 2.05) is 36.4 Å². The van der Waals surface area contributed by atoms with Crippen molar-refractivity contribution in [3.63, 3.8) is 0 Å². The van der Waals surface area contributed by atoms with Crippen molar-refractivity contribution in [2.45, 2.75) is 6.04 Å². The molecule has 1 fully saturated rings. The van der Waals surface area contributed by atoms with Crippen molar-refractivity contribution < 1.29 is 4.74 Å². The highest BCUT2D eigenvalue weighted by Gasteiger charge is 2.28. The summed E-state index contributed by atoms with van der Waals surface area (Å²) in [5.41, 5.74) is 2.13. The van der Waals surface area contributed by atoms with Gasteiger partial charge in [-0.25, -0.2) is 0 Å². The largest absolute Gasteiger partial charge is 0.496 e. The van der Waals surface area contributed by atoms with Crippen molar-refractivity contribution in [3.8, 4) is 5.75 Å². The van der Waals surface area contributed by atoms with Crippen LogP contribution in [0.1, 0.15) is 17.2 Å². The van der Waals surface area contributed by atoms with Crippen molar-refractivity contribution in [2.24, 2.45) is 0 Å². The van der Waals surface area contributed by atoms with Gasteiger partial charge >= 0.3 is 0 Å². The van der Waals surface area contributed by atoms with Crippen LogP contribution in [0, 0.1) is 0 Å². The standard InChI is InChI=1S/C18H20Cl2N2O/c1-23-17-7-6-13(19)12-15(17)18(22-10-8-21-9-11-22)14-4-2-3-5-16(14)20/h2-7,12,18,21H,8-11H2,1H3. The quantitative estimate of drug-likeness (QED) is 0.901. The molecule has 1 unspecified atom stereocenters. The van der Waals surface area contributed by atoms with E-state index in [0.717, 1.165) is 48.1 Å². The van der Waals surface area contributed by atoms with Gasteiger partial charge in [0.15, 0.2) is 0 Å². The molecule has 0 aliphatic carbocycles. The van der Waals surface area contributed by atoms with Gasteiger partial charge in [-0.05, 0) is 29.8 Å². The first-order chi connectivity index (χ1) is 11.2. The molecule has 0 radical (unpaired) electrons. The molecule has 0 aromatic heterocycles. The van der Waals surface area contributed by atoms with Crippen LogP contribution in [-0.4, -0.2) is 38.2 Å². The second-order valence-electron chi connectivity index (χ2n) is 5.60. The number of halogens is 2. The normalized spacial score (nSPS) is 17.0. The monoisotopic (exact) mass is 350 g/mol. The zero-order chi connectivity index (χ0) is 16.2. The Morgan fingerprint density at radius 1 is 1.04 bits per heavy atom. The summed E-state index contributed by atoms with van der Waals surface area (Å²) in [5, 5.41) is 4.86. The van der Waals surface area contributed by atoms with Crippen LogP contribution in [0.3, 0.4) is 0 Å². The number of nitrogens with one attached hydrogen (secondary N) is 1. The van der Waals surface area contributed by atoms with E-state index < -0.39 is 0 Å². The summed E-state index contributed by atoms with van der Waals surface area (Å²) in [4.78, 5) is 2.42. The average Bonchev–Trinajstić information content (AvgIpc) is 2.58. The van der Waals surface area contributed by atoms with E-state index in [-0.39, 0.29) is 6.04 Å². The molecular formula is C18H20Cl2N2O. The lowest BCUT2D eigenvalue weighted by molar-refractivity contribution is 0.195. The van der Waals surface area contributed by atoms with E-state index in [0.29, 0.717) is 5.02 Å². The zero-order valence-corrected chi connectivity index (χ0v) is 14.6. The number of piperazine rings is 1. The van der Waals surface area contributed by atoms with Crippen LogP contribution in [0.4, 0.5) is 0 Å². The highest BCUT2D eigenvalue weighted by molar-refractivity contribution is 6.31. The lowest BCUT2D eigenvalue weighted by Gasteiger charge is -2.36. The molecule has 1 aliphatic rings. The van der Waals surface area contributed by atoms with Gasteiger partial charge in [0.1, 0.15) is 5.75 Å². The van der Waals surface area contributed by atoms with E-state index in [1.165, 1.54) is 0 Å². The Balaban J connectivity index is 2.12. The Hall–Kier alpha value is -1.26. The Morgan fingerprint density at radius 2 is 1.78 bits per heavy atom. The lowest BCUT2D eigenvalue weighted by atomic mass is 9.95. The minimum Gasteiger partial charge on any atom is -0.496 e.